The quantitative estimate of drug-likeness (QED) is 0.0263. The third kappa shape index (κ3) is 25.2. The molecule has 0 aromatic carbocycles. The van der Waals surface area contributed by atoms with Gasteiger partial charge in [0.1, 0.15) is 24.1 Å². The normalized spacial score (nSPS) is 14.7. The lowest BCUT2D eigenvalue weighted by molar-refractivity contribution is -0.149. The summed E-state index contributed by atoms with van der Waals surface area (Å²) in [6.45, 7) is 9.09. The minimum Gasteiger partial charge on any atom is -0.394 e. The van der Waals surface area contributed by atoms with Gasteiger partial charge in [-0.2, -0.15) is 0 Å². The number of rotatable bonds is 36. The molecule has 21 nitrogen and oxygen atoms in total. The molecule has 6 atom stereocenters. The standard InChI is InChI=1S/C37H72N8O13/c1-25(21-29(49)42-16-12-39-11-8-38)34(54)37(2,3)23-26(35(55)44-10-6-18-58-20-19-57-4)22-30(50)43-17-14-40-13-15-41-28(48)7-5-9-45-36(56)33(53)32(52)31(51)27(47)24-46/h25-27,31-33,39-40,46-47,51-53H,5-24,38H2,1-4H3,(H,41,48)(H,42,49)(H,43,50)(H,44,55)(H,45,56)/t25?,26?,27-,31-,32+,33-/m1/s1. The number of aliphatic hydroxyl groups excluding tert-OH is 5. The monoisotopic (exact) mass is 837 g/mol. The van der Waals surface area contributed by atoms with Crippen molar-refractivity contribution in [1.82, 2.24) is 37.2 Å². The van der Waals surface area contributed by atoms with Crippen molar-refractivity contribution >= 4 is 35.3 Å². The summed E-state index contributed by atoms with van der Waals surface area (Å²) in [7, 11) is 1.57. The molecule has 58 heavy (non-hydrogen) atoms. The van der Waals surface area contributed by atoms with Crippen LogP contribution in [0, 0.1) is 17.3 Å². The summed E-state index contributed by atoms with van der Waals surface area (Å²) in [5, 5.41) is 67.0. The van der Waals surface area contributed by atoms with Crippen LogP contribution in [-0.2, 0) is 38.2 Å². The van der Waals surface area contributed by atoms with Crippen LogP contribution in [0.1, 0.15) is 59.3 Å². The van der Waals surface area contributed by atoms with Crippen molar-refractivity contribution in [2.24, 2.45) is 23.0 Å². The lowest BCUT2D eigenvalue weighted by Gasteiger charge is -2.30. The molecule has 0 aromatic heterocycles. The van der Waals surface area contributed by atoms with E-state index in [2.05, 4.69) is 37.2 Å². The zero-order valence-electron chi connectivity index (χ0n) is 34.7. The second kappa shape index (κ2) is 32.5. The maximum Gasteiger partial charge on any atom is 0.251 e. The molecule has 0 aliphatic carbocycles. The van der Waals surface area contributed by atoms with E-state index in [-0.39, 0.29) is 81.2 Å². The Hall–Kier alpha value is -3.38. The number of carbonyl (C=O) groups is 6. The molecule has 0 rings (SSSR count). The number of nitrogens with two attached hydrogens (primary N) is 1. The summed E-state index contributed by atoms with van der Waals surface area (Å²) >= 11 is 0. The molecule has 2 unspecified atom stereocenters. The molecule has 0 aliphatic rings. The fourth-order valence-corrected chi connectivity index (χ4v) is 5.71. The fourth-order valence-electron chi connectivity index (χ4n) is 5.71. The molecule has 0 saturated carbocycles. The van der Waals surface area contributed by atoms with Gasteiger partial charge in [-0.25, -0.2) is 0 Å². The summed E-state index contributed by atoms with van der Waals surface area (Å²) < 4.78 is 10.4. The number of nitrogens with one attached hydrogen (secondary N) is 7. The van der Waals surface area contributed by atoms with Crippen molar-refractivity contribution < 1.29 is 63.8 Å². The molecule has 0 saturated heterocycles. The SMILES string of the molecule is COCCOCCCNC(=O)C(CC(=O)NCCNCCNC(=O)CCCNC(=O)[C@H](O)[C@@H](O)[C@H](O)[C@H](O)CO)CC(C)(C)C(=O)C(C)CC(=O)NCCNCCN. The first-order chi connectivity index (χ1) is 27.5. The summed E-state index contributed by atoms with van der Waals surface area (Å²) in [5.41, 5.74) is 4.43. The lowest BCUT2D eigenvalue weighted by Crippen LogP contribution is -2.51. The molecular formula is C37H72N8O13. The largest absolute Gasteiger partial charge is 0.394 e. The Balaban J connectivity index is 4.81. The van der Waals surface area contributed by atoms with E-state index in [1.807, 2.05) is 0 Å². The van der Waals surface area contributed by atoms with Crippen molar-refractivity contribution in [3.8, 4) is 0 Å². The van der Waals surface area contributed by atoms with Crippen LogP contribution in [0.25, 0.3) is 0 Å². The van der Waals surface area contributed by atoms with Crippen LogP contribution < -0.4 is 43.0 Å². The average molecular weight is 837 g/mol. The van der Waals surface area contributed by atoms with E-state index in [0.29, 0.717) is 72.1 Å². The van der Waals surface area contributed by atoms with Crippen molar-refractivity contribution in [2.45, 2.75) is 83.7 Å². The molecule has 0 radical (unpaired) electrons. The van der Waals surface area contributed by atoms with Gasteiger partial charge in [-0.1, -0.05) is 20.8 Å². The Kier molecular flexibility index (Phi) is 30.6. The van der Waals surface area contributed by atoms with E-state index < -0.39 is 54.2 Å². The topological polar surface area (TPSA) is 332 Å². The number of amides is 5. The minimum absolute atomic E-state index is 0.0114. The molecular weight excluding hydrogens is 764 g/mol. The van der Waals surface area contributed by atoms with Crippen LogP contribution in [0.3, 0.4) is 0 Å². The molecule has 338 valence electrons. The highest BCUT2D eigenvalue weighted by Gasteiger charge is 2.37. The van der Waals surface area contributed by atoms with Gasteiger partial charge in [0.05, 0.1) is 19.8 Å². The second-order valence-electron chi connectivity index (χ2n) is 14.6. The minimum atomic E-state index is -2.06. The first kappa shape index (κ1) is 54.6. The number of methoxy groups -OCH3 is 1. The van der Waals surface area contributed by atoms with Crippen LogP contribution in [0.4, 0.5) is 0 Å². The molecule has 21 heteroatoms. The lowest BCUT2D eigenvalue weighted by atomic mass is 9.73. The summed E-state index contributed by atoms with van der Waals surface area (Å²) in [5.74, 6) is -3.97. The number of hydrogen-bond donors (Lipinski definition) is 13. The Labute approximate surface area is 341 Å². The second-order valence-corrected chi connectivity index (χ2v) is 14.6. The zero-order valence-corrected chi connectivity index (χ0v) is 34.7. The van der Waals surface area contributed by atoms with Crippen molar-refractivity contribution in [2.75, 3.05) is 99.0 Å². The molecule has 5 amide bonds. The third-order valence-electron chi connectivity index (χ3n) is 8.96. The maximum absolute atomic E-state index is 13.5. The third-order valence-corrected chi connectivity index (χ3v) is 8.96. The van der Waals surface area contributed by atoms with E-state index >= 15 is 0 Å². The molecule has 0 heterocycles. The Morgan fingerprint density at radius 2 is 1.21 bits per heavy atom. The maximum atomic E-state index is 13.5. The fraction of sp³-hybridized carbons (Fsp3) is 0.838. The molecule has 0 fully saturated rings. The Morgan fingerprint density at radius 3 is 1.79 bits per heavy atom. The highest BCUT2D eigenvalue weighted by molar-refractivity contribution is 5.91. The number of aliphatic hydroxyl groups is 5. The van der Waals surface area contributed by atoms with Crippen LogP contribution in [0.5, 0.6) is 0 Å². The molecule has 0 bridgehead atoms. The summed E-state index contributed by atoms with van der Waals surface area (Å²) in [6.07, 6.45) is -7.07. The number of ether oxygens (including phenoxy) is 2. The van der Waals surface area contributed by atoms with Gasteiger partial charge in [-0.15, -0.1) is 0 Å². The average Bonchev–Trinajstić information content (AvgIpc) is 3.19. The van der Waals surface area contributed by atoms with Crippen LogP contribution in [0.2, 0.25) is 0 Å². The van der Waals surface area contributed by atoms with Crippen LogP contribution in [-0.4, -0.2) is 184 Å². The summed E-state index contributed by atoms with van der Waals surface area (Å²) in [6, 6.07) is 0. The van der Waals surface area contributed by atoms with Gasteiger partial charge in [0.25, 0.3) is 5.91 Å². The van der Waals surface area contributed by atoms with Crippen molar-refractivity contribution in [3.05, 3.63) is 0 Å². The predicted octanol–water partition coefficient (Wildman–Crippen LogP) is -5.01. The zero-order chi connectivity index (χ0) is 43.9. The number of carbonyl (C=O) groups excluding carboxylic acids is 6. The predicted molar refractivity (Wildman–Crippen MR) is 213 cm³/mol. The molecule has 14 N–H and O–H groups in total. The Bertz CT molecular complexity index is 1200. The van der Waals surface area contributed by atoms with Gasteiger partial charge in [-0.3, -0.25) is 28.8 Å². The van der Waals surface area contributed by atoms with Gasteiger partial charge in [-0.05, 0) is 19.3 Å². The van der Waals surface area contributed by atoms with E-state index in [9.17, 15) is 49.2 Å². The first-order valence-corrected chi connectivity index (χ1v) is 19.9. The van der Waals surface area contributed by atoms with E-state index in [1.54, 1.807) is 27.9 Å². The highest BCUT2D eigenvalue weighted by atomic mass is 16.5. The van der Waals surface area contributed by atoms with Gasteiger partial charge < -0.3 is 78.0 Å². The smallest absolute Gasteiger partial charge is 0.251 e. The number of Topliss-reactive ketones (excluding diaryl/α,β-unsaturated/α-hetero) is 1. The molecule has 0 aromatic rings. The van der Waals surface area contributed by atoms with Gasteiger partial charge in [0, 0.05) is 116 Å². The molecule has 0 aliphatic heterocycles. The highest BCUT2D eigenvalue weighted by Crippen LogP contribution is 2.32. The number of hydrogen-bond acceptors (Lipinski definition) is 16. The van der Waals surface area contributed by atoms with E-state index in [0.717, 1.165) is 0 Å². The van der Waals surface area contributed by atoms with Gasteiger partial charge in [0.2, 0.25) is 23.6 Å². The van der Waals surface area contributed by atoms with Crippen molar-refractivity contribution in [3.63, 3.8) is 0 Å². The van der Waals surface area contributed by atoms with E-state index in [4.69, 9.17) is 20.3 Å². The van der Waals surface area contributed by atoms with E-state index in [1.165, 1.54) is 0 Å². The Morgan fingerprint density at radius 1 is 0.655 bits per heavy atom. The first-order valence-electron chi connectivity index (χ1n) is 19.9. The molecule has 0 spiro atoms. The van der Waals surface area contributed by atoms with Gasteiger partial charge in [0.15, 0.2) is 6.10 Å². The number of ketones is 1. The summed E-state index contributed by atoms with van der Waals surface area (Å²) in [4.78, 5) is 76.4. The van der Waals surface area contributed by atoms with Gasteiger partial charge >= 0.3 is 0 Å². The van der Waals surface area contributed by atoms with Crippen LogP contribution in [0.15, 0.2) is 0 Å². The van der Waals surface area contributed by atoms with Crippen LogP contribution >= 0.6 is 0 Å². The van der Waals surface area contributed by atoms with Crippen molar-refractivity contribution in [1.29, 1.82) is 0 Å².